The Bertz CT molecular complexity index is 336. The summed E-state index contributed by atoms with van der Waals surface area (Å²) in [7, 11) is 0. The van der Waals surface area contributed by atoms with Gasteiger partial charge in [0.1, 0.15) is 5.82 Å². The first kappa shape index (κ1) is 13.9. The molecule has 0 aliphatic carbocycles. The summed E-state index contributed by atoms with van der Waals surface area (Å²) in [4.78, 5) is 0. The average Bonchev–Trinajstić information content (AvgIpc) is 2.24. The Hall–Kier alpha value is -1.14. The maximum atomic E-state index is 12.6. The highest BCUT2D eigenvalue weighted by Gasteiger charge is 2.28. The molecule has 0 saturated heterocycles. The fraction of sp³-hybridized carbons (Fsp3) is 0.455. The number of ether oxygens (including phenoxy) is 1. The van der Waals surface area contributed by atoms with E-state index in [2.05, 4.69) is 10.1 Å². The largest absolute Gasteiger partial charge is 0.522 e. The van der Waals surface area contributed by atoms with Crippen LogP contribution in [0.2, 0.25) is 0 Å². The number of halogens is 4. The first-order valence-corrected chi connectivity index (χ1v) is 5.08. The molecular weight excluding hydrogens is 238 g/mol. The molecule has 96 valence electrons. The molecule has 0 radical (unpaired) electrons. The summed E-state index contributed by atoms with van der Waals surface area (Å²) in [6, 6.07) is 5.61. The highest BCUT2D eigenvalue weighted by molar-refractivity contribution is 5.19. The summed E-state index contributed by atoms with van der Waals surface area (Å²) < 4.78 is 51.2. The molecule has 0 amide bonds. The zero-order valence-corrected chi connectivity index (χ0v) is 9.22. The summed E-state index contributed by atoms with van der Waals surface area (Å²) in [5, 5.41) is 2.84. The lowest BCUT2D eigenvalue weighted by Crippen LogP contribution is -2.26. The Morgan fingerprint density at radius 1 is 1.24 bits per heavy atom. The van der Waals surface area contributed by atoms with Gasteiger partial charge in [0.15, 0.2) is 0 Å². The first-order chi connectivity index (χ1) is 7.88. The lowest BCUT2D eigenvalue weighted by molar-refractivity contribution is -0.323. The van der Waals surface area contributed by atoms with Gasteiger partial charge in [-0.2, -0.15) is 0 Å². The second-order valence-electron chi connectivity index (χ2n) is 3.52. The van der Waals surface area contributed by atoms with Crippen LogP contribution in [0.1, 0.15) is 18.5 Å². The monoisotopic (exact) mass is 251 g/mol. The maximum absolute atomic E-state index is 12.6. The van der Waals surface area contributed by atoms with Gasteiger partial charge in [-0.25, -0.2) is 4.39 Å². The summed E-state index contributed by atoms with van der Waals surface area (Å²) >= 11 is 0. The molecule has 0 aromatic heterocycles. The van der Waals surface area contributed by atoms with E-state index in [1.54, 1.807) is 19.1 Å². The van der Waals surface area contributed by atoms with Crippen LogP contribution < -0.4 is 5.32 Å². The van der Waals surface area contributed by atoms with E-state index in [1.165, 1.54) is 12.1 Å². The van der Waals surface area contributed by atoms with E-state index in [9.17, 15) is 17.6 Å². The van der Waals surface area contributed by atoms with Crippen LogP contribution in [0, 0.1) is 5.82 Å². The molecule has 1 aromatic rings. The highest BCUT2D eigenvalue weighted by atomic mass is 19.4. The van der Waals surface area contributed by atoms with Crippen LogP contribution in [0.5, 0.6) is 0 Å². The fourth-order valence-electron chi connectivity index (χ4n) is 1.31. The molecular formula is C11H13F4NO. The van der Waals surface area contributed by atoms with Crippen molar-refractivity contribution in [2.75, 3.05) is 13.2 Å². The Labute approximate surface area is 96.6 Å². The van der Waals surface area contributed by atoms with Gasteiger partial charge in [-0.05, 0) is 24.6 Å². The van der Waals surface area contributed by atoms with Gasteiger partial charge >= 0.3 is 6.36 Å². The predicted molar refractivity (Wildman–Crippen MR) is 54.8 cm³/mol. The zero-order valence-electron chi connectivity index (χ0n) is 9.22. The molecule has 0 heterocycles. The minimum absolute atomic E-state index is 0.0675. The SMILES string of the molecule is CC(NCCOC(F)(F)F)c1ccc(F)cc1. The number of alkyl halides is 3. The molecule has 1 N–H and O–H groups in total. The van der Waals surface area contributed by atoms with E-state index < -0.39 is 13.0 Å². The zero-order chi connectivity index (χ0) is 12.9. The van der Waals surface area contributed by atoms with E-state index in [0.717, 1.165) is 5.56 Å². The number of hydrogen-bond donors (Lipinski definition) is 1. The molecule has 0 fully saturated rings. The standard InChI is InChI=1S/C11H13F4NO/c1-8(9-2-4-10(12)5-3-9)16-6-7-17-11(13,14)15/h2-5,8,16H,6-7H2,1H3. The fourth-order valence-corrected chi connectivity index (χ4v) is 1.31. The van der Waals surface area contributed by atoms with Gasteiger partial charge in [0.25, 0.3) is 0 Å². The van der Waals surface area contributed by atoms with Gasteiger partial charge in [-0.3, -0.25) is 4.74 Å². The molecule has 1 aromatic carbocycles. The minimum atomic E-state index is -4.60. The van der Waals surface area contributed by atoms with Crippen molar-refractivity contribution in [3.05, 3.63) is 35.6 Å². The molecule has 2 nitrogen and oxygen atoms in total. The van der Waals surface area contributed by atoms with Crippen molar-refractivity contribution in [3.8, 4) is 0 Å². The maximum Gasteiger partial charge on any atom is 0.522 e. The second kappa shape index (κ2) is 5.97. The Balaban J connectivity index is 2.30. The molecule has 1 unspecified atom stereocenters. The smallest absolute Gasteiger partial charge is 0.308 e. The van der Waals surface area contributed by atoms with E-state index >= 15 is 0 Å². The van der Waals surface area contributed by atoms with Crippen molar-refractivity contribution in [3.63, 3.8) is 0 Å². The summed E-state index contributed by atoms with van der Waals surface area (Å²) in [6.45, 7) is 1.40. The van der Waals surface area contributed by atoms with E-state index in [-0.39, 0.29) is 18.4 Å². The third-order valence-corrected chi connectivity index (χ3v) is 2.19. The topological polar surface area (TPSA) is 21.3 Å². The van der Waals surface area contributed by atoms with Crippen LogP contribution in [-0.4, -0.2) is 19.5 Å². The highest BCUT2D eigenvalue weighted by Crippen LogP contribution is 2.16. The van der Waals surface area contributed by atoms with Crippen LogP contribution in [0.25, 0.3) is 0 Å². The summed E-state index contributed by atoms with van der Waals surface area (Å²) in [5.74, 6) is -0.346. The normalized spacial score (nSPS) is 13.7. The molecule has 0 saturated carbocycles. The lowest BCUT2D eigenvalue weighted by atomic mass is 10.1. The molecule has 0 spiro atoms. The van der Waals surface area contributed by atoms with Gasteiger partial charge < -0.3 is 5.32 Å². The number of nitrogens with one attached hydrogen (secondary N) is 1. The van der Waals surface area contributed by atoms with Gasteiger partial charge in [-0.15, -0.1) is 13.2 Å². The van der Waals surface area contributed by atoms with Crippen molar-refractivity contribution in [2.24, 2.45) is 0 Å². The van der Waals surface area contributed by atoms with Crippen LogP contribution in [-0.2, 0) is 4.74 Å². The third kappa shape index (κ3) is 5.65. The summed E-state index contributed by atoms with van der Waals surface area (Å²) in [6.07, 6.45) is -4.60. The Morgan fingerprint density at radius 2 is 1.82 bits per heavy atom. The average molecular weight is 251 g/mol. The van der Waals surface area contributed by atoms with Crippen molar-refractivity contribution >= 4 is 0 Å². The van der Waals surface area contributed by atoms with Gasteiger partial charge in [0.2, 0.25) is 0 Å². The molecule has 1 rings (SSSR count). The lowest BCUT2D eigenvalue weighted by Gasteiger charge is -2.14. The van der Waals surface area contributed by atoms with Crippen molar-refractivity contribution in [1.82, 2.24) is 5.32 Å². The third-order valence-electron chi connectivity index (χ3n) is 2.19. The minimum Gasteiger partial charge on any atom is -0.308 e. The van der Waals surface area contributed by atoms with Gasteiger partial charge in [0.05, 0.1) is 6.61 Å². The molecule has 0 bridgehead atoms. The molecule has 0 aliphatic heterocycles. The first-order valence-electron chi connectivity index (χ1n) is 5.08. The second-order valence-corrected chi connectivity index (χ2v) is 3.52. The van der Waals surface area contributed by atoms with Crippen molar-refractivity contribution in [1.29, 1.82) is 0 Å². The van der Waals surface area contributed by atoms with Crippen molar-refractivity contribution < 1.29 is 22.3 Å². The molecule has 0 aliphatic rings. The number of rotatable bonds is 5. The van der Waals surface area contributed by atoms with Gasteiger partial charge in [0, 0.05) is 12.6 Å². The summed E-state index contributed by atoms with van der Waals surface area (Å²) in [5.41, 5.74) is 0.804. The molecule has 1 atom stereocenters. The number of benzene rings is 1. The molecule has 6 heteroatoms. The van der Waals surface area contributed by atoms with Crippen LogP contribution >= 0.6 is 0 Å². The Morgan fingerprint density at radius 3 is 2.35 bits per heavy atom. The van der Waals surface area contributed by atoms with Crippen LogP contribution in [0.4, 0.5) is 17.6 Å². The van der Waals surface area contributed by atoms with Crippen LogP contribution in [0.3, 0.4) is 0 Å². The van der Waals surface area contributed by atoms with E-state index in [4.69, 9.17) is 0 Å². The quantitative estimate of drug-likeness (QED) is 0.641. The van der Waals surface area contributed by atoms with Crippen molar-refractivity contribution in [2.45, 2.75) is 19.3 Å². The number of hydrogen-bond acceptors (Lipinski definition) is 2. The Kier molecular flexibility index (Phi) is 4.89. The molecule has 17 heavy (non-hydrogen) atoms. The predicted octanol–water partition coefficient (Wildman–Crippen LogP) is 3.01. The van der Waals surface area contributed by atoms with E-state index in [0.29, 0.717) is 0 Å². The van der Waals surface area contributed by atoms with Crippen LogP contribution in [0.15, 0.2) is 24.3 Å². The van der Waals surface area contributed by atoms with E-state index in [1.807, 2.05) is 0 Å². The van der Waals surface area contributed by atoms with Gasteiger partial charge in [-0.1, -0.05) is 12.1 Å².